The van der Waals surface area contributed by atoms with Crippen molar-refractivity contribution in [3.63, 3.8) is 0 Å². The first-order chi connectivity index (χ1) is 14.7. The zero-order valence-electron chi connectivity index (χ0n) is 17.0. The Hall–Kier alpha value is -3.43. The summed E-state index contributed by atoms with van der Waals surface area (Å²) in [6.45, 7) is 1.24. The summed E-state index contributed by atoms with van der Waals surface area (Å²) in [5.74, 6) is -0.895. The molecule has 0 saturated carbocycles. The fourth-order valence-corrected chi connectivity index (χ4v) is 3.48. The summed E-state index contributed by atoms with van der Waals surface area (Å²) in [7, 11) is -2.21. The van der Waals surface area contributed by atoms with E-state index >= 15 is 0 Å². The van der Waals surface area contributed by atoms with Crippen LogP contribution in [0.5, 0.6) is 5.75 Å². The lowest BCUT2D eigenvalue weighted by atomic mass is 9.98. The van der Waals surface area contributed by atoms with Crippen LogP contribution >= 0.6 is 0 Å². The Balaban J connectivity index is 1.58. The average Bonchev–Trinajstić information content (AvgIpc) is 2.76. The Kier molecular flexibility index (Phi) is 6.57. The number of esters is 1. The van der Waals surface area contributed by atoms with E-state index in [1.54, 1.807) is 14.0 Å². The molecule has 0 fully saturated rings. The molecule has 0 unspecified atom stereocenters. The SMILES string of the molecule is COc1ccc2cc([C@H](C)C(=O)OCC(=O)Nc3ccc(S(N)(=O)=O)cc3)ccc2c1. The van der Waals surface area contributed by atoms with Crippen LogP contribution in [-0.4, -0.2) is 34.0 Å². The van der Waals surface area contributed by atoms with Crippen molar-refractivity contribution >= 4 is 38.4 Å². The highest BCUT2D eigenvalue weighted by atomic mass is 32.2. The molecule has 9 heteroatoms. The van der Waals surface area contributed by atoms with Crippen molar-refractivity contribution < 1.29 is 27.5 Å². The van der Waals surface area contributed by atoms with E-state index in [1.165, 1.54) is 24.3 Å². The van der Waals surface area contributed by atoms with E-state index in [2.05, 4.69) is 5.32 Å². The molecule has 0 radical (unpaired) electrons. The van der Waals surface area contributed by atoms with Gasteiger partial charge in [0.05, 0.1) is 17.9 Å². The van der Waals surface area contributed by atoms with E-state index in [0.29, 0.717) is 5.69 Å². The van der Waals surface area contributed by atoms with Gasteiger partial charge in [-0.05, 0) is 59.7 Å². The first kappa shape index (κ1) is 22.3. The number of carbonyl (C=O) groups excluding carboxylic acids is 2. The number of rotatable bonds is 7. The van der Waals surface area contributed by atoms with Crippen molar-refractivity contribution in [3.8, 4) is 5.75 Å². The van der Waals surface area contributed by atoms with E-state index in [-0.39, 0.29) is 4.90 Å². The number of carbonyl (C=O) groups is 2. The lowest BCUT2D eigenvalue weighted by molar-refractivity contribution is -0.148. The van der Waals surface area contributed by atoms with Gasteiger partial charge < -0.3 is 14.8 Å². The number of primary sulfonamides is 1. The van der Waals surface area contributed by atoms with Crippen LogP contribution in [0.4, 0.5) is 5.69 Å². The second-order valence-electron chi connectivity index (χ2n) is 6.92. The smallest absolute Gasteiger partial charge is 0.313 e. The third-order valence-corrected chi connectivity index (χ3v) is 5.67. The summed E-state index contributed by atoms with van der Waals surface area (Å²) >= 11 is 0. The second-order valence-corrected chi connectivity index (χ2v) is 8.48. The highest BCUT2D eigenvalue weighted by Crippen LogP contribution is 2.25. The summed E-state index contributed by atoms with van der Waals surface area (Å²) in [4.78, 5) is 24.4. The molecule has 8 nitrogen and oxygen atoms in total. The zero-order valence-corrected chi connectivity index (χ0v) is 17.8. The largest absolute Gasteiger partial charge is 0.497 e. The average molecular weight is 442 g/mol. The van der Waals surface area contributed by atoms with E-state index in [9.17, 15) is 18.0 Å². The molecule has 3 aromatic carbocycles. The molecule has 0 aliphatic carbocycles. The maximum Gasteiger partial charge on any atom is 0.313 e. The molecule has 0 aromatic heterocycles. The van der Waals surface area contributed by atoms with E-state index < -0.39 is 34.4 Å². The number of hydrogen-bond acceptors (Lipinski definition) is 6. The first-order valence-electron chi connectivity index (χ1n) is 9.34. The van der Waals surface area contributed by atoms with Gasteiger partial charge in [-0.15, -0.1) is 0 Å². The van der Waals surface area contributed by atoms with Gasteiger partial charge in [-0.25, -0.2) is 13.6 Å². The maximum absolute atomic E-state index is 12.4. The van der Waals surface area contributed by atoms with Gasteiger partial charge >= 0.3 is 5.97 Å². The van der Waals surface area contributed by atoms with Crippen LogP contribution in [0, 0.1) is 0 Å². The van der Waals surface area contributed by atoms with E-state index in [0.717, 1.165) is 22.1 Å². The van der Waals surface area contributed by atoms with Crippen LogP contribution in [0.1, 0.15) is 18.4 Å². The number of hydrogen-bond donors (Lipinski definition) is 2. The number of anilines is 1. The number of ether oxygens (including phenoxy) is 2. The van der Waals surface area contributed by atoms with Crippen LogP contribution in [0.3, 0.4) is 0 Å². The van der Waals surface area contributed by atoms with Gasteiger partial charge in [0.2, 0.25) is 10.0 Å². The van der Waals surface area contributed by atoms with Gasteiger partial charge in [-0.3, -0.25) is 9.59 Å². The number of nitrogens with one attached hydrogen (secondary N) is 1. The third kappa shape index (κ3) is 5.59. The summed E-state index contributed by atoms with van der Waals surface area (Å²) < 4.78 is 32.8. The first-order valence-corrected chi connectivity index (χ1v) is 10.9. The molecule has 0 spiro atoms. The normalized spacial score (nSPS) is 12.2. The number of benzene rings is 3. The Labute approximate surface area is 180 Å². The Bertz CT molecular complexity index is 1220. The molecule has 31 heavy (non-hydrogen) atoms. The molecule has 0 aliphatic rings. The van der Waals surface area contributed by atoms with Gasteiger partial charge in [0, 0.05) is 5.69 Å². The van der Waals surface area contributed by atoms with Crippen molar-refractivity contribution in [1.29, 1.82) is 0 Å². The Morgan fingerprint density at radius 3 is 2.29 bits per heavy atom. The fraction of sp³-hybridized carbons (Fsp3) is 0.182. The number of nitrogens with two attached hydrogens (primary N) is 1. The van der Waals surface area contributed by atoms with Gasteiger partial charge in [-0.1, -0.05) is 24.3 Å². The molecule has 1 amide bonds. The highest BCUT2D eigenvalue weighted by Gasteiger charge is 2.19. The van der Waals surface area contributed by atoms with Crippen molar-refractivity contribution in [2.75, 3.05) is 19.0 Å². The van der Waals surface area contributed by atoms with Crippen molar-refractivity contribution in [1.82, 2.24) is 0 Å². The molecular weight excluding hydrogens is 420 g/mol. The van der Waals surface area contributed by atoms with Crippen molar-refractivity contribution in [2.45, 2.75) is 17.7 Å². The van der Waals surface area contributed by atoms with Crippen LogP contribution < -0.4 is 15.2 Å². The topological polar surface area (TPSA) is 125 Å². The number of methoxy groups -OCH3 is 1. The molecule has 0 heterocycles. The molecular formula is C22H22N2O6S. The molecule has 3 aromatic rings. The summed E-state index contributed by atoms with van der Waals surface area (Å²) in [5, 5.41) is 9.50. The van der Waals surface area contributed by atoms with Gasteiger partial charge in [0.15, 0.2) is 6.61 Å². The molecule has 0 bridgehead atoms. The fourth-order valence-electron chi connectivity index (χ4n) is 2.96. The van der Waals surface area contributed by atoms with Crippen LogP contribution in [-0.2, 0) is 24.3 Å². The summed E-state index contributed by atoms with van der Waals surface area (Å²) in [6, 6.07) is 16.6. The van der Waals surface area contributed by atoms with Crippen LogP contribution in [0.15, 0.2) is 65.6 Å². The van der Waals surface area contributed by atoms with Crippen LogP contribution in [0.25, 0.3) is 10.8 Å². The van der Waals surface area contributed by atoms with Gasteiger partial charge in [-0.2, -0.15) is 0 Å². The molecule has 0 aliphatic heterocycles. The number of fused-ring (bicyclic) bond motifs is 1. The van der Waals surface area contributed by atoms with Gasteiger partial charge in [0.1, 0.15) is 5.75 Å². The standard InChI is InChI=1S/C22H22N2O6S/c1-14(15-3-4-17-12-19(29-2)8-5-16(17)11-15)22(26)30-13-21(25)24-18-6-9-20(10-7-18)31(23,27)28/h3-12,14H,13H2,1-2H3,(H,24,25)(H2,23,27,28)/t14-/m0/s1. The number of amides is 1. The predicted octanol–water partition coefficient (Wildman–Crippen LogP) is 2.78. The Morgan fingerprint density at radius 2 is 1.65 bits per heavy atom. The molecule has 3 rings (SSSR count). The minimum absolute atomic E-state index is 0.0698. The Morgan fingerprint density at radius 1 is 1.00 bits per heavy atom. The number of sulfonamides is 1. The lowest BCUT2D eigenvalue weighted by Gasteiger charge is -2.13. The molecule has 3 N–H and O–H groups in total. The van der Waals surface area contributed by atoms with Crippen LogP contribution in [0.2, 0.25) is 0 Å². The predicted molar refractivity (Wildman–Crippen MR) is 116 cm³/mol. The van der Waals surface area contributed by atoms with E-state index in [1.807, 2.05) is 36.4 Å². The zero-order chi connectivity index (χ0) is 22.6. The van der Waals surface area contributed by atoms with Crippen molar-refractivity contribution in [3.05, 3.63) is 66.2 Å². The summed E-state index contributed by atoms with van der Waals surface area (Å²) in [5.41, 5.74) is 1.12. The third-order valence-electron chi connectivity index (χ3n) is 4.74. The highest BCUT2D eigenvalue weighted by molar-refractivity contribution is 7.89. The quantitative estimate of drug-likeness (QED) is 0.542. The minimum atomic E-state index is -3.81. The van der Waals surface area contributed by atoms with E-state index in [4.69, 9.17) is 14.6 Å². The molecule has 0 saturated heterocycles. The van der Waals surface area contributed by atoms with Crippen molar-refractivity contribution in [2.24, 2.45) is 5.14 Å². The van der Waals surface area contributed by atoms with Gasteiger partial charge in [0.25, 0.3) is 5.91 Å². The maximum atomic E-state index is 12.4. The second kappa shape index (κ2) is 9.15. The lowest BCUT2D eigenvalue weighted by Crippen LogP contribution is -2.23. The molecule has 1 atom stereocenters. The minimum Gasteiger partial charge on any atom is -0.497 e. The summed E-state index contributed by atoms with van der Waals surface area (Å²) in [6.07, 6.45) is 0. The molecule has 162 valence electrons. The monoisotopic (exact) mass is 442 g/mol.